The molecule has 1 aliphatic heterocycles. The van der Waals surface area contributed by atoms with Crippen LogP contribution in [0.15, 0.2) is 61.2 Å². The first kappa shape index (κ1) is 17.9. The van der Waals surface area contributed by atoms with Crippen LogP contribution in [0.3, 0.4) is 0 Å². The molecule has 148 valence electrons. The van der Waals surface area contributed by atoms with E-state index in [0.717, 1.165) is 50.4 Å². The van der Waals surface area contributed by atoms with E-state index in [1.165, 1.54) is 11.1 Å². The summed E-state index contributed by atoms with van der Waals surface area (Å²) in [6.45, 7) is 3.35. The van der Waals surface area contributed by atoms with Crippen LogP contribution in [0.2, 0.25) is 0 Å². The van der Waals surface area contributed by atoms with Crippen molar-refractivity contribution in [1.82, 2.24) is 24.6 Å². The topological polar surface area (TPSA) is 66.3 Å². The maximum Gasteiger partial charge on any atom is 0.321 e. The number of aromatic nitrogens is 3. The molecule has 0 saturated carbocycles. The van der Waals surface area contributed by atoms with Crippen molar-refractivity contribution < 1.29 is 4.79 Å². The first-order valence-electron chi connectivity index (χ1n) is 10.1. The molecule has 2 aliphatic rings. The summed E-state index contributed by atoms with van der Waals surface area (Å²) in [6, 6.07) is 17.0. The zero-order valence-corrected chi connectivity index (χ0v) is 16.2. The number of nitrogens with one attached hydrogen (secondary N) is 1. The Morgan fingerprint density at radius 2 is 1.59 bits per heavy atom. The number of rotatable bonds is 3. The van der Waals surface area contributed by atoms with Crippen molar-refractivity contribution in [3.05, 3.63) is 72.3 Å². The lowest BCUT2D eigenvalue weighted by Gasteiger charge is -2.38. The summed E-state index contributed by atoms with van der Waals surface area (Å²) in [5, 5.41) is 10.7. The number of hydrogen-bond acceptors (Lipinski definition) is 4. The molecule has 0 unspecified atom stereocenters. The molecule has 1 N–H and O–H groups in total. The number of fused-ring (bicyclic) bond motifs is 1. The van der Waals surface area contributed by atoms with E-state index in [-0.39, 0.29) is 6.03 Å². The Balaban J connectivity index is 1.17. The molecule has 1 aliphatic carbocycles. The van der Waals surface area contributed by atoms with Crippen molar-refractivity contribution >= 4 is 11.7 Å². The van der Waals surface area contributed by atoms with E-state index < -0.39 is 0 Å². The van der Waals surface area contributed by atoms with Gasteiger partial charge in [0.2, 0.25) is 0 Å². The van der Waals surface area contributed by atoms with Gasteiger partial charge in [-0.2, -0.15) is 0 Å². The molecular weight excluding hydrogens is 364 g/mol. The van der Waals surface area contributed by atoms with Gasteiger partial charge in [-0.05, 0) is 42.2 Å². The molecule has 2 aromatic carbocycles. The molecule has 0 spiro atoms. The van der Waals surface area contributed by atoms with Gasteiger partial charge in [0.1, 0.15) is 12.7 Å². The van der Waals surface area contributed by atoms with E-state index >= 15 is 0 Å². The van der Waals surface area contributed by atoms with Gasteiger partial charge >= 0.3 is 6.03 Å². The van der Waals surface area contributed by atoms with Gasteiger partial charge in [-0.1, -0.05) is 30.3 Å². The summed E-state index contributed by atoms with van der Waals surface area (Å²) in [6.07, 6.45) is 5.53. The lowest BCUT2D eigenvalue weighted by Crippen LogP contribution is -2.53. The molecule has 1 fully saturated rings. The highest BCUT2D eigenvalue weighted by atomic mass is 16.2. The van der Waals surface area contributed by atoms with Crippen molar-refractivity contribution in [3.63, 3.8) is 0 Å². The van der Waals surface area contributed by atoms with Gasteiger partial charge in [-0.3, -0.25) is 9.47 Å². The third-order valence-corrected chi connectivity index (χ3v) is 5.96. The molecule has 2 heterocycles. The fraction of sp³-hybridized carbons (Fsp3) is 0.318. The Kier molecular flexibility index (Phi) is 4.73. The highest BCUT2D eigenvalue weighted by Gasteiger charge is 2.30. The molecule has 5 rings (SSSR count). The van der Waals surface area contributed by atoms with Crippen LogP contribution < -0.4 is 5.32 Å². The Bertz CT molecular complexity index is 969. The number of piperazine rings is 1. The van der Waals surface area contributed by atoms with Crippen LogP contribution in [0.1, 0.15) is 11.1 Å². The lowest BCUT2D eigenvalue weighted by molar-refractivity contribution is 0.116. The van der Waals surface area contributed by atoms with Crippen LogP contribution in [0.4, 0.5) is 10.5 Å². The van der Waals surface area contributed by atoms with Crippen LogP contribution in [0.5, 0.6) is 0 Å². The summed E-state index contributed by atoms with van der Waals surface area (Å²) in [7, 11) is 0. The maximum absolute atomic E-state index is 12.7. The van der Waals surface area contributed by atoms with Crippen LogP contribution in [0.25, 0.3) is 5.69 Å². The van der Waals surface area contributed by atoms with Gasteiger partial charge in [0.05, 0.1) is 5.69 Å². The van der Waals surface area contributed by atoms with Crippen molar-refractivity contribution in [1.29, 1.82) is 0 Å². The fourth-order valence-electron chi connectivity index (χ4n) is 4.36. The Morgan fingerprint density at radius 3 is 2.28 bits per heavy atom. The van der Waals surface area contributed by atoms with E-state index in [4.69, 9.17) is 0 Å². The van der Waals surface area contributed by atoms with E-state index in [9.17, 15) is 4.79 Å². The fourth-order valence-corrected chi connectivity index (χ4v) is 4.36. The highest BCUT2D eigenvalue weighted by molar-refractivity contribution is 5.89. The predicted molar refractivity (Wildman–Crippen MR) is 111 cm³/mol. The smallest absolute Gasteiger partial charge is 0.321 e. The van der Waals surface area contributed by atoms with E-state index in [2.05, 4.69) is 44.7 Å². The number of carbonyl (C=O) groups is 1. The summed E-state index contributed by atoms with van der Waals surface area (Å²) >= 11 is 0. The van der Waals surface area contributed by atoms with Crippen molar-refractivity contribution in [2.75, 3.05) is 31.5 Å². The monoisotopic (exact) mass is 388 g/mol. The molecule has 7 heteroatoms. The normalized spacial score (nSPS) is 17.3. The Hall–Kier alpha value is -3.19. The molecule has 2 amide bonds. The molecule has 0 atom stereocenters. The molecular formula is C22H24N6O. The van der Waals surface area contributed by atoms with Crippen molar-refractivity contribution in [3.8, 4) is 5.69 Å². The minimum absolute atomic E-state index is 0.0414. The van der Waals surface area contributed by atoms with Crippen LogP contribution in [-0.4, -0.2) is 62.8 Å². The standard InChI is InChI=1S/C22H24N6O/c29-22(25-19-6-3-7-20(14-19)28-15-23-24-16-28)27-10-8-26(9-11-27)21-12-17-4-1-2-5-18(17)13-21/h1-7,14-16,21H,8-13H2,(H,25,29). The molecule has 0 bridgehead atoms. The maximum atomic E-state index is 12.7. The van der Waals surface area contributed by atoms with Gasteiger partial charge in [-0.25, -0.2) is 4.79 Å². The van der Waals surface area contributed by atoms with Crippen molar-refractivity contribution in [2.24, 2.45) is 0 Å². The molecule has 7 nitrogen and oxygen atoms in total. The molecule has 29 heavy (non-hydrogen) atoms. The summed E-state index contributed by atoms with van der Waals surface area (Å²) in [4.78, 5) is 17.2. The largest absolute Gasteiger partial charge is 0.322 e. The second-order valence-electron chi connectivity index (χ2n) is 7.70. The second-order valence-corrected chi connectivity index (χ2v) is 7.70. The number of anilines is 1. The summed E-state index contributed by atoms with van der Waals surface area (Å²) in [5.74, 6) is 0. The van der Waals surface area contributed by atoms with E-state index in [0.29, 0.717) is 6.04 Å². The zero-order valence-electron chi connectivity index (χ0n) is 16.2. The van der Waals surface area contributed by atoms with E-state index in [1.807, 2.05) is 33.7 Å². The third-order valence-electron chi connectivity index (χ3n) is 5.96. The average Bonchev–Trinajstić information content (AvgIpc) is 3.44. The zero-order chi connectivity index (χ0) is 19.6. The van der Waals surface area contributed by atoms with Gasteiger partial charge in [-0.15, -0.1) is 10.2 Å². The minimum Gasteiger partial charge on any atom is -0.322 e. The molecule has 3 aromatic rings. The van der Waals surface area contributed by atoms with Gasteiger partial charge < -0.3 is 10.2 Å². The van der Waals surface area contributed by atoms with Crippen molar-refractivity contribution in [2.45, 2.75) is 18.9 Å². The third kappa shape index (κ3) is 3.73. The number of hydrogen-bond donors (Lipinski definition) is 1. The lowest BCUT2D eigenvalue weighted by atomic mass is 10.1. The van der Waals surface area contributed by atoms with Gasteiger partial charge in [0.15, 0.2) is 0 Å². The average molecular weight is 388 g/mol. The number of amides is 2. The Labute approximate surface area is 170 Å². The van der Waals surface area contributed by atoms with Crippen LogP contribution >= 0.6 is 0 Å². The first-order valence-corrected chi connectivity index (χ1v) is 10.1. The second kappa shape index (κ2) is 7.67. The quantitative estimate of drug-likeness (QED) is 0.749. The molecule has 0 radical (unpaired) electrons. The van der Waals surface area contributed by atoms with E-state index in [1.54, 1.807) is 12.7 Å². The number of nitrogens with zero attached hydrogens (tertiary/aromatic N) is 5. The first-order chi connectivity index (χ1) is 14.3. The number of carbonyl (C=O) groups excluding carboxylic acids is 1. The van der Waals surface area contributed by atoms with Gasteiger partial charge in [0, 0.05) is 37.9 Å². The highest BCUT2D eigenvalue weighted by Crippen LogP contribution is 2.26. The number of urea groups is 1. The van der Waals surface area contributed by atoms with Gasteiger partial charge in [0.25, 0.3) is 0 Å². The van der Waals surface area contributed by atoms with Crippen LogP contribution in [0, 0.1) is 0 Å². The van der Waals surface area contributed by atoms with Crippen LogP contribution in [-0.2, 0) is 12.8 Å². The predicted octanol–water partition coefficient (Wildman–Crippen LogP) is 2.58. The summed E-state index contributed by atoms with van der Waals surface area (Å²) in [5.41, 5.74) is 4.64. The Morgan fingerprint density at radius 1 is 0.897 bits per heavy atom. The SMILES string of the molecule is O=C(Nc1cccc(-n2cnnc2)c1)N1CCN(C2Cc3ccccc3C2)CC1. The number of benzene rings is 2. The summed E-state index contributed by atoms with van der Waals surface area (Å²) < 4.78 is 1.81. The molecule has 1 saturated heterocycles. The molecule has 1 aromatic heterocycles. The minimum atomic E-state index is -0.0414.